The highest BCUT2D eigenvalue weighted by atomic mass is 16.2. The number of carbonyl (C=O) groups is 2. The molecule has 5 N–H and O–H groups in total. The van der Waals surface area contributed by atoms with Gasteiger partial charge in [0.05, 0.1) is 5.69 Å². The standard InChI is InChI=1S/C8H13N5O2/c1-2-11-6(14)4-13-3-5(9)7(12-13)8(10)15/h3H,2,4,9H2,1H3,(H2,10,15)(H,11,14). The van der Waals surface area contributed by atoms with Crippen molar-refractivity contribution in [3.8, 4) is 0 Å². The predicted molar refractivity (Wildman–Crippen MR) is 53.8 cm³/mol. The van der Waals surface area contributed by atoms with Gasteiger partial charge in [0.1, 0.15) is 6.54 Å². The van der Waals surface area contributed by atoms with Crippen molar-refractivity contribution < 1.29 is 9.59 Å². The molecular formula is C8H13N5O2. The first-order valence-electron chi connectivity index (χ1n) is 4.44. The van der Waals surface area contributed by atoms with Gasteiger partial charge in [0, 0.05) is 12.7 Å². The smallest absolute Gasteiger partial charge is 0.271 e. The highest BCUT2D eigenvalue weighted by Crippen LogP contribution is 2.07. The van der Waals surface area contributed by atoms with Crippen molar-refractivity contribution in [3.63, 3.8) is 0 Å². The molecule has 1 aromatic rings. The third-order valence-corrected chi connectivity index (χ3v) is 1.70. The maximum Gasteiger partial charge on any atom is 0.271 e. The Kier molecular flexibility index (Phi) is 3.27. The van der Waals surface area contributed by atoms with E-state index in [1.54, 1.807) is 0 Å². The molecule has 0 saturated heterocycles. The van der Waals surface area contributed by atoms with Crippen LogP contribution in [0.25, 0.3) is 0 Å². The van der Waals surface area contributed by atoms with Crippen molar-refractivity contribution in [1.29, 1.82) is 0 Å². The van der Waals surface area contributed by atoms with E-state index in [0.717, 1.165) is 0 Å². The molecular weight excluding hydrogens is 198 g/mol. The summed E-state index contributed by atoms with van der Waals surface area (Å²) in [4.78, 5) is 22.0. The number of primary amides is 1. The van der Waals surface area contributed by atoms with Crippen LogP contribution < -0.4 is 16.8 Å². The Bertz CT molecular complexity index is 384. The number of likely N-dealkylation sites (N-methyl/N-ethyl adjacent to an activating group) is 1. The molecule has 1 aromatic heterocycles. The Labute approximate surface area is 86.4 Å². The first kappa shape index (κ1) is 11.0. The van der Waals surface area contributed by atoms with E-state index in [2.05, 4.69) is 10.4 Å². The Morgan fingerprint density at radius 2 is 2.27 bits per heavy atom. The van der Waals surface area contributed by atoms with Gasteiger partial charge in [0.15, 0.2) is 5.69 Å². The minimum absolute atomic E-state index is 0.0145. The molecule has 0 spiro atoms. The Morgan fingerprint density at radius 1 is 1.60 bits per heavy atom. The molecule has 82 valence electrons. The maximum absolute atomic E-state index is 11.2. The molecule has 0 aliphatic rings. The zero-order valence-electron chi connectivity index (χ0n) is 8.36. The number of hydrogen-bond acceptors (Lipinski definition) is 4. The Morgan fingerprint density at radius 3 is 2.73 bits per heavy atom. The highest BCUT2D eigenvalue weighted by Gasteiger charge is 2.12. The van der Waals surface area contributed by atoms with Crippen molar-refractivity contribution >= 4 is 17.5 Å². The quantitative estimate of drug-likeness (QED) is 0.574. The largest absolute Gasteiger partial charge is 0.396 e. The fourth-order valence-electron chi connectivity index (χ4n) is 1.11. The van der Waals surface area contributed by atoms with Crippen molar-refractivity contribution in [2.45, 2.75) is 13.5 Å². The maximum atomic E-state index is 11.2. The van der Waals surface area contributed by atoms with Gasteiger partial charge in [0.25, 0.3) is 5.91 Å². The molecule has 1 heterocycles. The Hall–Kier alpha value is -2.05. The summed E-state index contributed by atoms with van der Waals surface area (Å²) < 4.78 is 1.28. The van der Waals surface area contributed by atoms with E-state index in [1.807, 2.05) is 6.92 Å². The van der Waals surface area contributed by atoms with Crippen molar-refractivity contribution in [2.75, 3.05) is 12.3 Å². The molecule has 15 heavy (non-hydrogen) atoms. The molecule has 0 atom stereocenters. The normalized spacial score (nSPS) is 9.93. The second-order valence-electron chi connectivity index (χ2n) is 2.95. The molecule has 0 fully saturated rings. The van der Waals surface area contributed by atoms with Gasteiger partial charge in [-0.25, -0.2) is 0 Å². The number of nitrogens with two attached hydrogens (primary N) is 2. The van der Waals surface area contributed by atoms with Crippen LogP contribution in [-0.2, 0) is 11.3 Å². The van der Waals surface area contributed by atoms with Crippen molar-refractivity contribution in [3.05, 3.63) is 11.9 Å². The van der Waals surface area contributed by atoms with E-state index in [9.17, 15) is 9.59 Å². The van der Waals surface area contributed by atoms with Crippen LogP contribution in [0.1, 0.15) is 17.4 Å². The average Bonchev–Trinajstić information content (AvgIpc) is 2.47. The summed E-state index contributed by atoms with van der Waals surface area (Å²) in [5, 5.41) is 6.38. The van der Waals surface area contributed by atoms with E-state index in [-0.39, 0.29) is 23.8 Å². The molecule has 0 aliphatic heterocycles. The Balaban J connectivity index is 2.75. The van der Waals surface area contributed by atoms with Gasteiger partial charge in [-0.1, -0.05) is 0 Å². The summed E-state index contributed by atoms with van der Waals surface area (Å²) in [6.45, 7) is 2.37. The van der Waals surface area contributed by atoms with Gasteiger partial charge < -0.3 is 16.8 Å². The van der Waals surface area contributed by atoms with Gasteiger partial charge in [0.2, 0.25) is 5.91 Å². The third-order valence-electron chi connectivity index (χ3n) is 1.70. The first-order chi connectivity index (χ1) is 7.04. The van der Waals surface area contributed by atoms with E-state index >= 15 is 0 Å². The van der Waals surface area contributed by atoms with Crippen LogP contribution in [0, 0.1) is 0 Å². The second kappa shape index (κ2) is 4.45. The van der Waals surface area contributed by atoms with E-state index in [4.69, 9.17) is 11.5 Å². The third kappa shape index (κ3) is 2.70. The number of aromatic nitrogens is 2. The van der Waals surface area contributed by atoms with Crippen LogP contribution >= 0.6 is 0 Å². The van der Waals surface area contributed by atoms with E-state index in [1.165, 1.54) is 10.9 Å². The van der Waals surface area contributed by atoms with Gasteiger partial charge in [-0.15, -0.1) is 0 Å². The summed E-state index contributed by atoms with van der Waals surface area (Å²) in [5.41, 5.74) is 10.7. The molecule has 0 aromatic carbocycles. The lowest BCUT2D eigenvalue weighted by Gasteiger charge is -2.00. The number of anilines is 1. The van der Waals surface area contributed by atoms with Crippen molar-refractivity contribution in [2.24, 2.45) is 5.73 Å². The van der Waals surface area contributed by atoms with Crippen LogP contribution in [-0.4, -0.2) is 28.1 Å². The molecule has 1 rings (SSSR count). The summed E-state index contributed by atoms with van der Waals surface area (Å²) in [5.74, 6) is -0.904. The fraction of sp³-hybridized carbons (Fsp3) is 0.375. The molecule has 0 aliphatic carbocycles. The van der Waals surface area contributed by atoms with Gasteiger partial charge in [-0.2, -0.15) is 5.10 Å². The van der Waals surface area contributed by atoms with Crippen LogP contribution in [0.3, 0.4) is 0 Å². The lowest BCUT2D eigenvalue weighted by atomic mass is 10.4. The second-order valence-corrected chi connectivity index (χ2v) is 2.95. The van der Waals surface area contributed by atoms with Gasteiger partial charge in [-0.05, 0) is 6.92 Å². The predicted octanol–water partition coefficient (Wildman–Crippen LogP) is -1.30. The van der Waals surface area contributed by atoms with Crippen LogP contribution in [0.4, 0.5) is 5.69 Å². The van der Waals surface area contributed by atoms with E-state index in [0.29, 0.717) is 6.54 Å². The minimum atomic E-state index is -0.706. The first-order valence-corrected chi connectivity index (χ1v) is 4.44. The van der Waals surface area contributed by atoms with Crippen LogP contribution in [0.5, 0.6) is 0 Å². The number of hydrogen-bond donors (Lipinski definition) is 3. The van der Waals surface area contributed by atoms with Crippen LogP contribution in [0.2, 0.25) is 0 Å². The average molecular weight is 211 g/mol. The van der Waals surface area contributed by atoms with Crippen molar-refractivity contribution in [1.82, 2.24) is 15.1 Å². The molecule has 7 nitrogen and oxygen atoms in total. The summed E-state index contributed by atoms with van der Waals surface area (Å²) in [6.07, 6.45) is 1.40. The lowest BCUT2D eigenvalue weighted by molar-refractivity contribution is -0.121. The molecule has 2 amide bonds. The topological polar surface area (TPSA) is 116 Å². The number of nitrogens with one attached hydrogen (secondary N) is 1. The fourth-order valence-corrected chi connectivity index (χ4v) is 1.11. The zero-order valence-corrected chi connectivity index (χ0v) is 8.36. The van der Waals surface area contributed by atoms with Gasteiger partial charge in [-0.3, -0.25) is 14.3 Å². The van der Waals surface area contributed by atoms with E-state index < -0.39 is 5.91 Å². The number of nitrogen functional groups attached to an aromatic ring is 1. The SMILES string of the molecule is CCNC(=O)Cn1cc(N)c(C(N)=O)n1. The minimum Gasteiger partial charge on any atom is -0.396 e. The number of carbonyl (C=O) groups excluding carboxylic acids is 2. The molecule has 0 saturated carbocycles. The number of amides is 2. The molecule has 7 heteroatoms. The summed E-state index contributed by atoms with van der Waals surface area (Å²) >= 11 is 0. The molecule has 0 radical (unpaired) electrons. The summed E-state index contributed by atoms with van der Waals surface area (Å²) in [7, 11) is 0. The van der Waals surface area contributed by atoms with Crippen LogP contribution in [0.15, 0.2) is 6.20 Å². The summed E-state index contributed by atoms with van der Waals surface area (Å²) in [6, 6.07) is 0. The number of rotatable bonds is 4. The number of nitrogens with zero attached hydrogens (tertiary/aromatic N) is 2. The highest BCUT2D eigenvalue weighted by molar-refractivity contribution is 5.95. The van der Waals surface area contributed by atoms with Gasteiger partial charge >= 0.3 is 0 Å². The molecule has 0 unspecified atom stereocenters. The zero-order chi connectivity index (χ0) is 11.4. The lowest BCUT2D eigenvalue weighted by Crippen LogP contribution is -2.27. The molecule has 0 bridgehead atoms. The monoisotopic (exact) mass is 211 g/mol.